The highest BCUT2D eigenvalue weighted by Crippen LogP contribution is 2.32. The molecule has 1 aromatic heterocycles. The fraction of sp³-hybridized carbons (Fsp3) is 0.188. The van der Waals surface area contributed by atoms with Crippen LogP contribution >= 0.6 is 0 Å². The topological polar surface area (TPSA) is 54.8 Å². The summed E-state index contributed by atoms with van der Waals surface area (Å²) < 4.78 is 43.4. The number of carbonyl (C=O) groups excluding carboxylic acids is 1. The summed E-state index contributed by atoms with van der Waals surface area (Å²) in [5.74, 6) is -0.614. The molecule has 24 heavy (non-hydrogen) atoms. The quantitative estimate of drug-likeness (QED) is 0.632. The van der Waals surface area contributed by atoms with Crippen molar-refractivity contribution in [3.8, 4) is 11.6 Å². The number of benzene rings is 1. The number of ether oxygens (including phenoxy) is 1. The maximum absolute atomic E-state index is 12.7. The first-order valence-electron chi connectivity index (χ1n) is 6.83. The van der Waals surface area contributed by atoms with Gasteiger partial charge in [-0.25, -0.2) is 4.98 Å². The Kier molecular flexibility index (Phi) is 5.18. The Bertz CT molecular complexity index is 758. The Morgan fingerprint density at radius 2 is 1.92 bits per heavy atom. The zero-order valence-corrected chi connectivity index (χ0v) is 12.9. The molecule has 1 aromatic carbocycles. The number of carbonyl (C=O) groups is 1. The van der Waals surface area contributed by atoms with Crippen molar-refractivity contribution in [2.24, 2.45) is 4.99 Å². The van der Waals surface area contributed by atoms with Crippen LogP contribution in [0.3, 0.4) is 0 Å². The summed E-state index contributed by atoms with van der Waals surface area (Å²) in [6, 6.07) is 8.79. The predicted octanol–water partition coefficient (Wildman–Crippen LogP) is 3.62. The van der Waals surface area contributed by atoms with E-state index in [0.717, 1.165) is 12.1 Å². The van der Waals surface area contributed by atoms with Gasteiger partial charge >= 0.3 is 6.18 Å². The van der Waals surface area contributed by atoms with E-state index in [9.17, 15) is 18.0 Å². The number of aliphatic imine (C=N–C) groups is 1. The third kappa shape index (κ3) is 4.80. The van der Waals surface area contributed by atoms with E-state index in [4.69, 9.17) is 4.74 Å². The van der Waals surface area contributed by atoms with E-state index in [1.807, 2.05) is 0 Å². The Morgan fingerprint density at radius 1 is 1.21 bits per heavy atom. The van der Waals surface area contributed by atoms with Gasteiger partial charge in [0.15, 0.2) is 0 Å². The summed E-state index contributed by atoms with van der Waals surface area (Å²) >= 11 is 0. The number of halogens is 3. The van der Waals surface area contributed by atoms with Gasteiger partial charge in [-0.15, -0.1) is 0 Å². The first-order chi connectivity index (χ1) is 11.3. The SMILES string of the molecule is CN(C)C=NC(=O)c1cccc(Oc2cccc(C(F)(F)F)c2)n1. The van der Waals surface area contributed by atoms with Crippen LogP contribution in [0, 0.1) is 0 Å². The molecule has 0 aliphatic carbocycles. The molecule has 8 heteroatoms. The summed E-state index contributed by atoms with van der Waals surface area (Å²) in [6.45, 7) is 0. The molecule has 0 bridgehead atoms. The molecule has 0 radical (unpaired) electrons. The summed E-state index contributed by atoms with van der Waals surface area (Å²) in [4.78, 5) is 21.1. The predicted molar refractivity (Wildman–Crippen MR) is 82.3 cm³/mol. The van der Waals surface area contributed by atoms with Gasteiger partial charge in [-0.3, -0.25) is 4.79 Å². The second kappa shape index (κ2) is 7.12. The third-order valence-electron chi connectivity index (χ3n) is 2.73. The van der Waals surface area contributed by atoms with Crippen LogP contribution in [0.15, 0.2) is 47.5 Å². The van der Waals surface area contributed by atoms with E-state index in [1.54, 1.807) is 19.0 Å². The van der Waals surface area contributed by atoms with Gasteiger partial charge in [0.25, 0.3) is 5.91 Å². The van der Waals surface area contributed by atoms with Crippen molar-refractivity contribution in [2.75, 3.05) is 14.1 Å². The molecule has 0 unspecified atom stereocenters. The lowest BCUT2D eigenvalue weighted by atomic mass is 10.2. The lowest BCUT2D eigenvalue weighted by Gasteiger charge is -2.09. The lowest BCUT2D eigenvalue weighted by Crippen LogP contribution is -2.10. The largest absolute Gasteiger partial charge is 0.439 e. The van der Waals surface area contributed by atoms with E-state index < -0.39 is 17.6 Å². The minimum Gasteiger partial charge on any atom is -0.439 e. The summed E-state index contributed by atoms with van der Waals surface area (Å²) in [5, 5.41) is 0. The Balaban J connectivity index is 2.20. The van der Waals surface area contributed by atoms with Gasteiger partial charge in [0.05, 0.1) is 11.9 Å². The number of rotatable bonds is 4. The third-order valence-corrected chi connectivity index (χ3v) is 2.73. The molecule has 126 valence electrons. The highest BCUT2D eigenvalue weighted by atomic mass is 19.4. The van der Waals surface area contributed by atoms with E-state index in [-0.39, 0.29) is 17.3 Å². The van der Waals surface area contributed by atoms with Gasteiger partial charge in [0.1, 0.15) is 11.4 Å². The summed E-state index contributed by atoms with van der Waals surface area (Å²) in [5.41, 5.74) is -0.805. The zero-order valence-electron chi connectivity index (χ0n) is 12.9. The standard InChI is InChI=1S/C16H14F3N3O2/c1-22(2)10-20-15(23)13-7-4-8-14(21-13)24-12-6-3-5-11(9-12)16(17,18)19/h3-10H,1-2H3. The van der Waals surface area contributed by atoms with E-state index in [0.29, 0.717) is 0 Å². The van der Waals surface area contributed by atoms with Crippen LogP contribution in [0.4, 0.5) is 13.2 Å². The van der Waals surface area contributed by atoms with E-state index >= 15 is 0 Å². The van der Waals surface area contributed by atoms with Crippen LogP contribution in [-0.2, 0) is 6.18 Å². The van der Waals surface area contributed by atoms with Crippen LogP contribution in [-0.4, -0.2) is 36.2 Å². The number of amides is 1. The molecule has 2 rings (SSSR count). The van der Waals surface area contributed by atoms with Crippen LogP contribution in [0.25, 0.3) is 0 Å². The van der Waals surface area contributed by atoms with Crippen LogP contribution < -0.4 is 4.74 Å². The van der Waals surface area contributed by atoms with Crippen molar-refractivity contribution in [2.45, 2.75) is 6.18 Å². The first-order valence-corrected chi connectivity index (χ1v) is 6.83. The molecule has 0 aliphatic rings. The van der Waals surface area contributed by atoms with Crippen molar-refractivity contribution < 1.29 is 22.7 Å². The zero-order chi connectivity index (χ0) is 17.7. The highest BCUT2D eigenvalue weighted by molar-refractivity contribution is 5.97. The van der Waals surface area contributed by atoms with Crippen molar-refractivity contribution in [1.82, 2.24) is 9.88 Å². The monoisotopic (exact) mass is 337 g/mol. The van der Waals surface area contributed by atoms with E-state index in [2.05, 4.69) is 9.98 Å². The average Bonchev–Trinajstić information content (AvgIpc) is 2.52. The molecule has 1 amide bonds. The number of hydrogen-bond acceptors (Lipinski definition) is 3. The number of alkyl halides is 3. The Morgan fingerprint density at radius 3 is 2.58 bits per heavy atom. The van der Waals surface area contributed by atoms with Gasteiger partial charge in [-0.2, -0.15) is 18.2 Å². The van der Waals surface area contributed by atoms with Crippen LogP contribution in [0.5, 0.6) is 11.6 Å². The summed E-state index contributed by atoms with van der Waals surface area (Å²) in [7, 11) is 3.41. The fourth-order valence-electron chi connectivity index (χ4n) is 1.68. The van der Waals surface area contributed by atoms with Crippen molar-refractivity contribution >= 4 is 12.2 Å². The van der Waals surface area contributed by atoms with Gasteiger partial charge in [-0.1, -0.05) is 12.1 Å². The number of pyridine rings is 1. The number of hydrogen-bond donors (Lipinski definition) is 0. The molecule has 5 nitrogen and oxygen atoms in total. The Labute approximate surface area is 136 Å². The molecular weight excluding hydrogens is 323 g/mol. The van der Waals surface area contributed by atoms with Crippen molar-refractivity contribution in [3.05, 3.63) is 53.7 Å². The average molecular weight is 337 g/mol. The Hall–Kier alpha value is -2.90. The van der Waals surface area contributed by atoms with Crippen molar-refractivity contribution in [3.63, 3.8) is 0 Å². The highest BCUT2D eigenvalue weighted by Gasteiger charge is 2.30. The van der Waals surface area contributed by atoms with Gasteiger partial charge < -0.3 is 9.64 Å². The molecule has 0 N–H and O–H groups in total. The fourth-order valence-corrected chi connectivity index (χ4v) is 1.68. The van der Waals surface area contributed by atoms with Crippen LogP contribution in [0.1, 0.15) is 16.1 Å². The van der Waals surface area contributed by atoms with Crippen LogP contribution in [0.2, 0.25) is 0 Å². The maximum atomic E-state index is 12.7. The molecular formula is C16H14F3N3O2. The summed E-state index contributed by atoms with van der Waals surface area (Å²) in [6.07, 6.45) is -3.14. The van der Waals surface area contributed by atoms with Gasteiger partial charge in [0, 0.05) is 20.2 Å². The second-order valence-corrected chi connectivity index (χ2v) is 5.00. The second-order valence-electron chi connectivity index (χ2n) is 5.00. The minimum absolute atomic E-state index is 0.000211. The molecule has 0 aliphatic heterocycles. The van der Waals surface area contributed by atoms with Gasteiger partial charge in [-0.05, 0) is 24.3 Å². The van der Waals surface area contributed by atoms with Crippen molar-refractivity contribution in [1.29, 1.82) is 0 Å². The molecule has 0 spiro atoms. The lowest BCUT2D eigenvalue weighted by molar-refractivity contribution is -0.137. The number of aromatic nitrogens is 1. The molecule has 0 saturated heterocycles. The maximum Gasteiger partial charge on any atom is 0.416 e. The number of nitrogens with zero attached hydrogens (tertiary/aromatic N) is 3. The molecule has 0 fully saturated rings. The first kappa shape index (κ1) is 17.5. The van der Waals surface area contributed by atoms with Gasteiger partial charge in [0.2, 0.25) is 5.88 Å². The normalized spacial score (nSPS) is 11.5. The molecule has 0 atom stereocenters. The van der Waals surface area contributed by atoms with E-state index in [1.165, 1.54) is 36.7 Å². The molecule has 2 aromatic rings. The smallest absolute Gasteiger partial charge is 0.416 e. The molecule has 0 saturated carbocycles. The minimum atomic E-state index is -4.47. The molecule has 1 heterocycles.